The lowest BCUT2D eigenvalue weighted by Gasteiger charge is -2.26. The monoisotopic (exact) mass is 301 g/mol. The summed E-state index contributed by atoms with van der Waals surface area (Å²) in [5.74, 6) is -0.207. The highest BCUT2D eigenvalue weighted by Gasteiger charge is 2.36. The highest BCUT2D eigenvalue weighted by molar-refractivity contribution is 5.89. The number of halogens is 2. The molecule has 0 saturated carbocycles. The van der Waals surface area contributed by atoms with Gasteiger partial charge in [0.25, 0.3) is 0 Å². The summed E-state index contributed by atoms with van der Waals surface area (Å²) < 4.78 is 33.6. The van der Waals surface area contributed by atoms with Crippen molar-refractivity contribution in [2.75, 3.05) is 11.9 Å². The van der Waals surface area contributed by atoms with Crippen LogP contribution in [-0.2, 0) is 4.74 Å². The van der Waals surface area contributed by atoms with Gasteiger partial charge in [-0.3, -0.25) is 0 Å². The molecule has 0 spiro atoms. The number of aromatic nitrogens is 1. The van der Waals surface area contributed by atoms with Crippen LogP contribution in [-0.4, -0.2) is 35.9 Å². The summed E-state index contributed by atoms with van der Waals surface area (Å²) in [5.41, 5.74) is -0.0317. The number of anilines is 1. The van der Waals surface area contributed by atoms with Crippen LogP contribution >= 0.6 is 0 Å². The molecule has 2 N–H and O–H groups in total. The third-order valence-electron chi connectivity index (χ3n) is 3.23. The van der Waals surface area contributed by atoms with Crippen molar-refractivity contribution in [2.45, 2.75) is 38.5 Å². The molecular weight excluding hydrogens is 284 g/mol. The number of ether oxygens (including phenoxy) is 2. The van der Waals surface area contributed by atoms with E-state index < -0.39 is 18.2 Å². The van der Waals surface area contributed by atoms with Crippen molar-refractivity contribution in [3.63, 3.8) is 0 Å². The zero-order chi connectivity index (χ0) is 15.5. The number of rotatable bonds is 4. The second kappa shape index (κ2) is 6.21. The van der Waals surface area contributed by atoms with Crippen molar-refractivity contribution in [1.29, 1.82) is 0 Å². The molecule has 2 heterocycles. The van der Waals surface area contributed by atoms with Gasteiger partial charge in [0.05, 0.1) is 23.5 Å². The Hall–Kier alpha value is -1.96. The van der Waals surface area contributed by atoms with Crippen LogP contribution in [0.15, 0.2) is 18.3 Å². The van der Waals surface area contributed by atoms with Crippen molar-refractivity contribution in [3.8, 4) is 5.88 Å². The van der Waals surface area contributed by atoms with E-state index in [0.717, 1.165) is 6.42 Å². The fraction of sp³-hybridized carbons (Fsp3) is 0.538. The SMILES string of the molecule is CC1(C)OCCC1NC(=O)Nc1ccc(OC(F)F)nc1. The van der Waals surface area contributed by atoms with Gasteiger partial charge in [0, 0.05) is 12.7 Å². The Morgan fingerprint density at radius 2 is 2.29 bits per heavy atom. The fourth-order valence-corrected chi connectivity index (χ4v) is 2.07. The fourth-order valence-electron chi connectivity index (χ4n) is 2.07. The smallest absolute Gasteiger partial charge is 0.388 e. The van der Waals surface area contributed by atoms with E-state index in [0.29, 0.717) is 12.3 Å². The van der Waals surface area contributed by atoms with Gasteiger partial charge in [0.1, 0.15) is 0 Å². The van der Waals surface area contributed by atoms with Crippen LogP contribution in [0.5, 0.6) is 5.88 Å². The summed E-state index contributed by atoms with van der Waals surface area (Å²) in [5, 5.41) is 5.39. The summed E-state index contributed by atoms with van der Waals surface area (Å²) in [4.78, 5) is 15.5. The lowest BCUT2D eigenvalue weighted by molar-refractivity contribution is -0.0528. The number of amides is 2. The molecule has 1 unspecified atom stereocenters. The Balaban J connectivity index is 1.88. The number of carbonyl (C=O) groups is 1. The predicted molar refractivity (Wildman–Crippen MR) is 71.5 cm³/mol. The van der Waals surface area contributed by atoms with Crippen LogP contribution in [0.3, 0.4) is 0 Å². The van der Waals surface area contributed by atoms with Gasteiger partial charge < -0.3 is 20.1 Å². The molecule has 1 saturated heterocycles. The standard InChI is InChI=1S/C13H17F2N3O3/c1-13(2)9(5-6-20-13)18-12(19)17-8-3-4-10(16-7-8)21-11(14)15/h3-4,7,9,11H,5-6H2,1-2H3,(H2,17,18,19). The Morgan fingerprint density at radius 3 is 2.81 bits per heavy atom. The van der Waals surface area contributed by atoms with Crippen molar-refractivity contribution >= 4 is 11.7 Å². The second-order valence-electron chi connectivity index (χ2n) is 5.16. The van der Waals surface area contributed by atoms with Crippen molar-refractivity contribution in [3.05, 3.63) is 18.3 Å². The molecule has 0 aromatic carbocycles. The average molecular weight is 301 g/mol. The highest BCUT2D eigenvalue weighted by atomic mass is 19.3. The van der Waals surface area contributed by atoms with Gasteiger partial charge in [-0.15, -0.1) is 0 Å². The number of carbonyl (C=O) groups excluding carboxylic acids is 1. The average Bonchev–Trinajstić information content (AvgIpc) is 2.70. The molecular formula is C13H17F2N3O3. The Labute approximate surface area is 120 Å². The van der Waals surface area contributed by atoms with Gasteiger partial charge >= 0.3 is 12.6 Å². The molecule has 8 heteroatoms. The Morgan fingerprint density at radius 1 is 1.52 bits per heavy atom. The minimum Gasteiger partial charge on any atom is -0.417 e. The normalized spacial score (nSPS) is 20.3. The summed E-state index contributed by atoms with van der Waals surface area (Å²) in [6.45, 7) is 1.48. The summed E-state index contributed by atoms with van der Waals surface area (Å²) in [7, 11) is 0. The second-order valence-corrected chi connectivity index (χ2v) is 5.16. The zero-order valence-electron chi connectivity index (χ0n) is 11.7. The molecule has 1 aromatic heterocycles. The lowest BCUT2D eigenvalue weighted by Crippen LogP contribution is -2.47. The van der Waals surface area contributed by atoms with Crippen LogP contribution in [0.2, 0.25) is 0 Å². The van der Waals surface area contributed by atoms with Gasteiger partial charge in [0.15, 0.2) is 0 Å². The minimum atomic E-state index is -2.93. The molecule has 1 atom stereocenters. The van der Waals surface area contributed by atoms with Gasteiger partial charge in [0.2, 0.25) is 5.88 Å². The first-order valence-electron chi connectivity index (χ1n) is 6.49. The quantitative estimate of drug-likeness (QED) is 0.895. The molecule has 0 aliphatic carbocycles. The van der Waals surface area contributed by atoms with Crippen LogP contribution < -0.4 is 15.4 Å². The van der Waals surface area contributed by atoms with E-state index >= 15 is 0 Å². The molecule has 2 amide bonds. The third-order valence-corrected chi connectivity index (χ3v) is 3.23. The molecule has 6 nitrogen and oxygen atoms in total. The van der Waals surface area contributed by atoms with E-state index in [4.69, 9.17) is 4.74 Å². The maximum Gasteiger partial charge on any atom is 0.388 e. The lowest BCUT2D eigenvalue weighted by atomic mass is 9.99. The van der Waals surface area contributed by atoms with Crippen molar-refractivity contribution in [1.82, 2.24) is 10.3 Å². The van der Waals surface area contributed by atoms with Crippen LogP contribution in [0.25, 0.3) is 0 Å². The van der Waals surface area contributed by atoms with E-state index in [1.165, 1.54) is 18.3 Å². The first-order valence-corrected chi connectivity index (χ1v) is 6.49. The van der Waals surface area contributed by atoms with E-state index in [1.54, 1.807) is 0 Å². The molecule has 1 aliphatic rings. The number of hydrogen-bond acceptors (Lipinski definition) is 4. The highest BCUT2D eigenvalue weighted by Crippen LogP contribution is 2.25. The largest absolute Gasteiger partial charge is 0.417 e. The minimum absolute atomic E-state index is 0.0908. The summed E-state index contributed by atoms with van der Waals surface area (Å²) in [6, 6.07) is 2.19. The van der Waals surface area contributed by atoms with Crippen LogP contribution in [0.4, 0.5) is 19.3 Å². The molecule has 1 aromatic rings. The van der Waals surface area contributed by atoms with Gasteiger partial charge in [-0.05, 0) is 26.3 Å². The number of pyridine rings is 1. The predicted octanol–water partition coefficient (Wildman–Crippen LogP) is 2.37. The van der Waals surface area contributed by atoms with Crippen LogP contribution in [0, 0.1) is 0 Å². The Kier molecular flexibility index (Phi) is 4.56. The van der Waals surface area contributed by atoms with Crippen LogP contribution in [0.1, 0.15) is 20.3 Å². The topological polar surface area (TPSA) is 72.5 Å². The van der Waals surface area contributed by atoms with Crippen molar-refractivity contribution in [2.24, 2.45) is 0 Å². The molecule has 21 heavy (non-hydrogen) atoms. The van der Waals surface area contributed by atoms with Gasteiger partial charge in [-0.2, -0.15) is 8.78 Å². The third kappa shape index (κ3) is 4.25. The van der Waals surface area contributed by atoms with Gasteiger partial charge in [-0.25, -0.2) is 9.78 Å². The number of hydrogen-bond donors (Lipinski definition) is 2. The molecule has 1 fully saturated rings. The first kappa shape index (κ1) is 15.4. The maximum atomic E-state index is 12.0. The van der Waals surface area contributed by atoms with E-state index in [1.807, 2.05) is 13.8 Å². The number of urea groups is 1. The first-order chi connectivity index (χ1) is 9.87. The number of nitrogens with one attached hydrogen (secondary N) is 2. The van der Waals surface area contributed by atoms with E-state index in [9.17, 15) is 13.6 Å². The maximum absolute atomic E-state index is 12.0. The van der Waals surface area contributed by atoms with Crippen molar-refractivity contribution < 1.29 is 23.0 Å². The molecule has 1 aliphatic heterocycles. The Bertz CT molecular complexity index is 494. The molecule has 2 rings (SSSR count). The summed E-state index contributed by atoms with van der Waals surface area (Å²) >= 11 is 0. The number of nitrogens with zero attached hydrogens (tertiary/aromatic N) is 1. The number of alkyl halides is 2. The molecule has 0 radical (unpaired) electrons. The molecule has 116 valence electrons. The van der Waals surface area contributed by atoms with E-state index in [2.05, 4.69) is 20.4 Å². The summed E-state index contributed by atoms with van der Waals surface area (Å²) in [6.07, 6.45) is 1.98. The van der Waals surface area contributed by atoms with E-state index in [-0.39, 0.29) is 11.9 Å². The zero-order valence-corrected chi connectivity index (χ0v) is 11.7. The van der Waals surface area contributed by atoms with Gasteiger partial charge in [-0.1, -0.05) is 0 Å². The molecule has 0 bridgehead atoms.